The Hall–Kier alpha value is -2.56. The van der Waals surface area contributed by atoms with Crippen molar-refractivity contribution in [3.05, 3.63) is 59.4 Å². The van der Waals surface area contributed by atoms with Crippen molar-refractivity contribution in [3.8, 4) is 11.5 Å². The number of carbonyl (C=O) groups excluding carboxylic acids is 1. The van der Waals surface area contributed by atoms with Gasteiger partial charge in [-0.25, -0.2) is 4.39 Å². The fourth-order valence-electron chi connectivity index (χ4n) is 1.59. The van der Waals surface area contributed by atoms with Crippen LogP contribution in [0.4, 0.5) is 4.39 Å². The van der Waals surface area contributed by atoms with Crippen LogP contribution >= 0.6 is 0 Å². The third-order valence-corrected chi connectivity index (χ3v) is 2.64. The first-order valence-electron chi connectivity index (χ1n) is 5.61. The standard InChI is InChI=1S/C14H12FNO3/c15-11-6-5-9(7-13(11)18)14(19)16-8-10-3-1-2-4-12(10)17/h1-7,17-18H,8H2,(H,16,19). The molecular weight excluding hydrogens is 249 g/mol. The summed E-state index contributed by atoms with van der Waals surface area (Å²) in [5, 5.41) is 21.3. The van der Waals surface area contributed by atoms with Crippen LogP contribution in [-0.4, -0.2) is 16.1 Å². The molecule has 4 nitrogen and oxygen atoms in total. The number of rotatable bonds is 3. The number of para-hydroxylation sites is 1. The van der Waals surface area contributed by atoms with Gasteiger partial charge in [-0.15, -0.1) is 0 Å². The number of hydrogen-bond acceptors (Lipinski definition) is 3. The maximum atomic E-state index is 12.9. The van der Waals surface area contributed by atoms with Crippen LogP contribution in [0.3, 0.4) is 0 Å². The number of carbonyl (C=O) groups is 1. The van der Waals surface area contributed by atoms with Gasteiger partial charge in [0.15, 0.2) is 11.6 Å². The highest BCUT2D eigenvalue weighted by molar-refractivity contribution is 5.94. The van der Waals surface area contributed by atoms with Crippen molar-refractivity contribution in [2.75, 3.05) is 0 Å². The zero-order chi connectivity index (χ0) is 13.8. The van der Waals surface area contributed by atoms with E-state index in [1.165, 1.54) is 12.1 Å². The summed E-state index contributed by atoms with van der Waals surface area (Å²) in [6, 6.07) is 9.96. The predicted octanol–water partition coefficient (Wildman–Crippen LogP) is 2.17. The van der Waals surface area contributed by atoms with Crippen LogP contribution in [-0.2, 0) is 6.54 Å². The van der Waals surface area contributed by atoms with Crippen molar-refractivity contribution in [2.45, 2.75) is 6.54 Å². The molecule has 0 aliphatic heterocycles. The quantitative estimate of drug-likeness (QED) is 0.793. The lowest BCUT2D eigenvalue weighted by molar-refractivity contribution is 0.0950. The molecule has 0 saturated carbocycles. The maximum Gasteiger partial charge on any atom is 0.251 e. The lowest BCUT2D eigenvalue weighted by atomic mass is 10.1. The highest BCUT2D eigenvalue weighted by Gasteiger charge is 2.09. The molecule has 0 spiro atoms. The van der Waals surface area contributed by atoms with Crippen molar-refractivity contribution in [1.29, 1.82) is 0 Å². The monoisotopic (exact) mass is 261 g/mol. The van der Waals surface area contributed by atoms with Gasteiger partial charge in [-0.05, 0) is 24.3 Å². The zero-order valence-corrected chi connectivity index (χ0v) is 9.93. The van der Waals surface area contributed by atoms with E-state index >= 15 is 0 Å². The summed E-state index contributed by atoms with van der Waals surface area (Å²) in [5.41, 5.74) is 0.719. The van der Waals surface area contributed by atoms with E-state index < -0.39 is 17.5 Å². The Kier molecular flexibility index (Phi) is 3.66. The van der Waals surface area contributed by atoms with E-state index in [9.17, 15) is 19.4 Å². The number of amides is 1. The second-order valence-corrected chi connectivity index (χ2v) is 3.98. The van der Waals surface area contributed by atoms with Crippen LogP contribution in [0.5, 0.6) is 11.5 Å². The number of benzene rings is 2. The predicted molar refractivity (Wildman–Crippen MR) is 67.3 cm³/mol. The molecule has 0 aromatic heterocycles. The van der Waals surface area contributed by atoms with Crippen molar-refractivity contribution in [3.63, 3.8) is 0 Å². The lowest BCUT2D eigenvalue weighted by Gasteiger charge is -2.07. The molecule has 0 radical (unpaired) electrons. The topological polar surface area (TPSA) is 69.6 Å². The highest BCUT2D eigenvalue weighted by Crippen LogP contribution is 2.18. The Bertz CT molecular complexity index is 613. The largest absolute Gasteiger partial charge is 0.508 e. The van der Waals surface area contributed by atoms with Crippen LogP contribution in [0, 0.1) is 5.82 Å². The van der Waals surface area contributed by atoms with Crippen LogP contribution in [0.25, 0.3) is 0 Å². The Morgan fingerprint density at radius 3 is 2.53 bits per heavy atom. The van der Waals surface area contributed by atoms with E-state index in [0.29, 0.717) is 5.56 Å². The lowest BCUT2D eigenvalue weighted by Crippen LogP contribution is -2.22. The highest BCUT2D eigenvalue weighted by atomic mass is 19.1. The summed E-state index contributed by atoms with van der Waals surface area (Å²) in [4.78, 5) is 11.8. The van der Waals surface area contributed by atoms with E-state index in [0.717, 1.165) is 12.1 Å². The molecule has 0 fully saturated rings. The Morgan fingerprint density at radius 2 is 1.84 bits per heavy atom. The average Bonchev–Trinajstić information content (AvgIpc) is 2.40. The first kappa shape index (κ1) is 12.9. The van der Waals surface area contributed by atoms with Gasteiger partial charge in [0.25, 0.3) is 5.91 Å². The number of phenolic OH excluding ortho intramolecular Hbond substituents is 2. The van der Waals surface area contributed by atoms with Gasteiger partial charge in [0.2, 0.25) is 0 Å². The molecule has 0 heterocycles. The maximum absolute atomic E-state index is 12.9. The summed E-state index contributed by atoms with van der Waals surface area (Å²) in [5.74, 6) is -1.73. The van der Waals surface area contributed by atoms with Gasteiger partial charge in [-0.1, -0.05) is 18.2 Å². The van der Waals surface area contributed by atoms with E-state index in [-0.39, 0.29) is 17.9 Å². The summed E-state index contributed by atoms with van der Waals surface area (Å²) < 4.78 is 12.9. The summed E-state index contributed by atoms with van der Waals surface area (Å²) in [7, 11) is 0. The molecule has 3 N–H and O–H groups in total. The van der Waals surface area contributed by atoms with E-state index in [2.05, 4.69) is 5.32 Å². The molecule has 0 bridgehead atoms. The molecule has 0 saturated heterocycles. The third kappa shape index (κ3) is 3.01. The molecule has 0 atom stereocenters. The summed E-state index contributed by atoms with van der Waals surface area (Å²) in [6.45, 7) is 0.143. The molecule has 5 heteroatoms. The fourth-order valence-corrected chi connectivity index (χ4v) is 1.59. The minimum absolute atomic E-state index is 0.0877. The number of hydrogen-bond donors (Lipinski definition) is 3. The average molecular weight is 261 g/mol. The third-order valence-electron chi connectivity index (χ3n) is 2.64. The molecular formula is C14H12FNO3. The number of nitrogens with one attached hydrogen (secondary N) is 1. The molecule has 19 heavy (non-hydrogen) atoms. The van der Waals surface area contributed by atoms with Crippen LogP contribution < -0.4 is 5.32 Å². The van der Waals surface area contributed by atoms with Crippen LogP contribution in [0.1, 0.15) is 15.9 Å². The second-order valence-electron chi connectivity index (χ2n) is 3.98. The number of phenols is 2. The van der Waals surface area contributed by atoms with Crippen molar-refractivity contribution >= 4 is 5.91 Å². The minimum atomic E-state index is -0.780. The second kappa shape index (κ2) is 5.39. The van der Waals surface area contributed by atoms with Crippen LogP contribution in [0.15, 0.2) is 42.5 Å². The van der Waals surface area contributed by atoms with Crippen molar-refractivity contribution < 1.29 is 19.4 Å². The molecule has 0 aliphatic carbocycles. The summed E-state index contributed by atoms with van der Waals surface area (Å²) in [6.07, 6.45) is 0. The first-order chi connectivity index (χ1) is 9.08. The first-order valence-corrected chi connectivity index (χ1v) is 5.61. The Balaban J connectivity index is 2.05. The van der Waals surface area contributed by atoms with Gasteiger partial charge in [-0.2, -0.15) is 0 Å². The van der Waals surface area contributed by atoms with Gasteiger partial charge >= 0.3 is 0 Å². The van der Waals surface area contributed by atoms with Gasteiger partial charge in [0.05, 0.1) is 0 Å². The fraction of sp³-hybridized carbons (Fsp3) is 0.0714. The van der Waals surface area contributed by atoms with Gasteiger partial charge in [0, 0.05) is 17.7 Å². The normalized spacial score (nSPS) is 10.2. The minimum Gasteiger partial charge on any atom is -0.508 e. The van der Waals surface area contributed by atoms with E-state index in [1.807, 2.05) is 0 Å². The number of aromatic hydroxyl groups is 2. The molecule has 2 aromatic rings. The SMILES string of the molecule is O=C(NCc1ccccc1O)c1ccc(F)c(O)c1. The van der Waals surface area contributed by atoms with Crippen molar-refractivity contribution in [1.82, 2.24) is 5.32 Å². The van der Waals surface area contributed by atoms with Gasteiger partial charge in [-0.3, -0.25) is 4.79 Å². The molecule has 2 rings (SSSR count). The molecule has 0 aliphatic rings. The summed E-state index contributed by atoms with van der Waals surface area (Å²) >= 11 is 0. The molecule has 98 valence electrons. The van der Waals surface area contributed by atoms with E-state index in [1.54, 1.807) is 18.2 Å². The Morgan fingerprint density at radius 1 is 1.11 bits per heavy atom. The van der Waals surface area contributed by atoms with Crippen molar-refractivity contribution in [2.24, 2.45) is 0 Å². The zero-order valence-electron chi connectivity index (χ0n) is 9.93. The van der Waals surface area contributed by atoms with Crippen LogP contribution in [0.2, 0.25) is 0 Å². The van der Waals surface area contributed by atoms with Gasteiger partial charge in [0.1, 0.15) is 5.75 Å². The smallest absolute Gasteiger partial charge is 0.251 e. The molecule has 0 unspecified atom stereocenters. The number of halogens is 1. The van der Waals surface area contributed by atoms with E-state index in [4.69, 9.17) is 0 Å². The van der Waals surface area contributed by atoms with Gasteiger partial charge < -0.3 is 15.5 Å². The molecule has 2 aromatic carbocycles. The molecule has 1 amide bonds. The Labute approximate surface area is 109 Å².